The van der Waals surface area contributed by atoms with Crippen LogP contribution in [-0.4, -0.2) is 6.71 Å². The second-order valence-electron chi connectivity index (χ2n) is 13.8. The number of ether oxygens (including phenoxy) is 3. The molecule has 3 aliphatic heterocycles. The molecule has 0 fully saturated rings. The molecule has 0 spiro atoms. The van der Waals surface area contributed by atoms with Crippen LogP contribution in [-0.2, 0) is 10.8 Å². The molecule has 3 heterocycles. The van der Waals surface area contributed by atoms with Gasteiger partial charge in [0.05, 0.1) is 17.1 Å². The zero-order valence-electron chi connectivity index (χ0n) is 25.1. The third-order valence-electron chi connectivity index (χ3n) is 9.77. The van der Waals surface area contributed by atoms with Crippen molar-refractivity contribution >= 4 is 40.2 Å². The lowest BCUT2D eigenvalue weighted by Crippen LogP contribution is -2.57. The minimum absolute atomic E-state index is 0.00912. The summed E-state index contributed by atoms with van der Waals surface area (Å²) in [5.41, 5.74) is 10.5. The van der Waals surface area contributed by atoms with Gasteiger partial charge in [0, 0.05) is 23.2 Å². The van der Waals surface area contributed by atoms with E-state index < -0.39 is 0 Å². The summed E-state index contributed by atoms with van der Waals surface area (Å²) < 4.78 is 20.2. The topological polar surface area (TPSA) is 30.9 Å². The van der Waals surface area contributed by atoms with Gasteiger partial charge in [-0.3, -0.25) is 0 Å². The van der Waals surface area contributed by atoms with E-state index >= 15 is 0 Å². The minimum atomic E-state index is -0.00912. The number of rotatable bonds is 1. The van der Waals surface area contributed by atoms with Crippen molar-refractivity contribution in [2.45, 2.75) is 51.9 Å². The molecule has 0 atom stereocenters. The molecule has 4 nitrogen and oxygen atoms in total. The van der Waals surface area contributed by atoms with Gasteiger partial charge in [-0.05, 0) is 71.0 Å². The first-order chi connectivity index (χ1) is 20.7. The summed E-state index contributed by atoms with van der Waals surface area (Å²) >= 11 is 0. The van der Waals surface area contributed by atoms with Crippen molar-refractivity contribution in [3.05, 3.63) is 108 Å². The number of aryl methyl sites for hydroxylation is 1. The average Bonchev–Trinajstić information content (AvgIpc) is 3.18. The number of fused-ring (bicyclic) bond motifs is 8. The highest BCUT2D eigenvalue weighted by Crippen LogP contribution is 2.55. The summed E-state index contributed by atoms with van der Waals surface area (Å²) in [6, 6.07) is 32.0. The first-order valence-corrected chi connectivity index (χ1v) is 15.2. The Hall–Kier alpha value is -4.64. The van der Waals surface area contributed by atoms with Crippen molar-refractivity contribution in [1.29, 1.82) is 0 Å². The molecule has 0 saturated carbocycles. The molecule has 4 aliphatic rings. The van der Waals surface area contributed by atoms with Crippen molar-refractivity contribution in [2.24, 2.45) is 0 Å². The van der Waals surface area contributed by atoms with Crippen LogP contribution in [0.1, 0.15) is 50.8 Å². The molecule has 0 amide bonds. The summed E-state index contributed by atoms with van der Waals surface area (Å²) in [7, 11) is 0. The van der Waals surface area contributed by atoms with E-state index in [1.54, 1.807) is 0 Å². The molecule has 9 rings (SSSR count). The van der Waals surface area contributed by atoms with Crippen molar-refractivity contribution < 1.29 is 14.2 Å². The fourth-order valence-electron chi connectivity index (χ4n) is 8.31. The smallest absolute Gasteiger partial charge is 0.260 e. The van der Waals surface area contributed by atoms with E-state index in [1.807, 2.05) is 24.3 Å². The van der Waals surface area contributed by atoms with Crippen LogP contribution in [0, 0.1) is 6.92 Å². The van der Waals surface area contributed by atoms with Gasteiger partial charge in [-0.1, -0.05) is 81.8 Å². The van der Waals surface area contributed by atoms with Crippen LogP contribution in [0.4, 0.5) is 17.1 Å². The lowest BCUT2D eigenvalue weighted by molar-refractivity contribution is 0.394. The predicted octanol–water partition coefficient (Wildman–Crippen LogP) is 8.26. The van der Waals surface area contributed by atoms with Gasteiger partial charge < -0.3 is 19.1 Å². The van der Waals surface area contributed by atoms with Gasteiger partial charge in [0.25, 0.3) is 6.71 Å². The molecular weight excluding hydrogens is 529 g/mol. The zero-order valence-corrected chi connectivity index (χ0v) is 25.1. The van der Waals surface area contributed by atoms with Gasteiger partial charge in [-0.15, -0.1) is 0 Å². The van der Waals surface area contributed by atoms with Gasteiger partial charge in [-0.25, -0.2) is 0 Å². The van der Waals surface area contributed by atoms with Gasteiger partial charge in [0.15, 0.2) is 11.5 Å². The van der Waals surface area contributed by atoms with Crippen LogP contribution < -0.4 is 35.5 Å². The SMILES string of the molecule is Cc1ccc2c(c1)B1c3ccc4c(c3Oc3cc(N5c6ccccc6Oc6ccccc65)cc(c31)O2)C(C)(C)CC4(C)C. The molecule has 5 aromatic carbocycles. The lowest BCUT2D eigenvalue weighted by Gasteiger charge is -2.37. The van der Waals surface area contributed by atoms with Crippen LogP contribution in [0.2, 0.25) is 0 Å². The lowest BCUT2D eigenvalue weighted by atomic mass is 9.34. The minimum Gasteiger partial charge on any atom is -0.458 e. The Labute approximate surface area is 252 Å². The Kier molecular flexibility index (Phi) is 4.78. The van der Waals surface area contributed by atoms with E-state index in [0.29, 0.717) is 0 Å². The zero-order chi connectivity index (χ0) is 29.2. The Morgan fingerprint density at radius 2 is 1.28 bits per heavy atom. The normalized spacial score (nSPS) is 17.2. The number of hydrogen-bond donors (Lipinski definition) is 0. The number of hydrogen-bond acceptors (Lipinski definition) is 4. The van der Waals surface area contributed by atoms with Crippen LogP contribution in [0.25, 0.3) is 0 Å². The molecule has 0 N–H and O–H groups in total. The van der Waals surface area contributed by atoms with Crippen LogP contribution in [0.3, 0.4) is 0 Å². The maximum atomic E-state index is 7.11. The standard InChI is InChI=1S/C38H32BNO3/c1-22-14-17-29-26(18-22)39-25-16-15-24-34(38(4,5)21-37(24,2)3)36(25)43-33-20-23(19-32(41-29)35(33)39)40-27-10-6-8-12-30(27)42-31-13-9-7-11-28(31)40/h6-20H,21H2,1-5H3. The highest BCUT2D eigenvalue weighted by molar-refractivity contribution is 6.98. The first-order valence-electron chi connectivity index (χ1n) is 15.2. The third kappa shape index (κ3) is 3.39. The van der Waals surface area contributed by atoms with E-state index in [0.717, 1.165) is 63.4 Å². The summed E-state index contributed by atoms with van der Waals surface area (Å²) in [6.07, 6.45) is 1.08. The predicted molar refractivity (Wildman–Crippen MR) is 174 cm³/mol. The molecule has 0 saturated heterocycles. The average molecular weight is 561 g/mol. The van der Waals surface area contributed by atoms with Crippen molar-refractivity contribution in [3.63, 3.8) is 0 Å². The Morgan fingerprint density at radius 3 is 2.00 bits per heavy atom. The third-order valence-corrected chi connectivity index (χ3v) is 9.77. The molecule has 0 aromatic heterocycles. The Balaban J connectivity index is 1.32. The fraction of sp³-hybridized carbons (Fsp3) is 0.211. The highest BCUT2D eigenvalue weighted by Gasteiger charge is 2.49. The molecule has 5 heteroatoms. The molecule has 5 aromatic rings. The molecule has 0 radical (unpaired) electrons. The Morgan fingerprint density at radius 1 is 0.628 bits per heavy atom. The maximum absolute atomic E-state index is 7.11. The van der Waals surface area contributed by atoms with E-state index in [4.69, 9.17) is 14.2 Å². The highest BCUT2D eigenvalue weighted by atomic mass is 16.5. The second-order valence-corrected chi connectivity index (χ2v) is 13.8. The second kappa shape index (κ2) is 8.26. The van der Waals surface area contributed by atoms with Crippen molar-refractivity contribution in [2.75, 3.05) is 4.90 Å². The summed E-state index contributed by atoms with van der Waals surface area (Å²) in [5.74, 6) is 5.25. The molecule has 43 heavy (non-hydrogen) atoms. The van der Waals surface area contributed by atoms with Crippen LogP contribution in [0.5, 0.6) is 34.5 Å². The monoisotopic (exact) mass is 561 g/mol. The van der Waals surface area contributed by atoms with Crippen molar-refractivity contribution in [3.8, 4) is 34.5 Å². The van der Waals surface area contributed by atoms with Crippen molar-refractivity contribution in [1.82, 2.24) is 0 Å². The van der Waals surface area contributed by atoms with E-state index in [2.05, 4.69) is 106 Å². The van der Waals surface area contributed by atoms with E-state index in [-0.39, 0.29) is 17.5 Å². The summed E-state index contributed by atoms with van der Waals surface area (Å²) in [4.78, 5) is 2.26. The van der Waals surface area contributed by atoms with Crippen LogP contribution >= 0.6 is 0 Å². The van der Waals surface area contributed by atoms with E-state index in [1.165, 1.54) is 27.6 Å². The number of anilines is 3. The van der Waals surface area contributed by atoms with Gasteiger partial charge in [0.1, 0.15) is 23.0 Å². The molecule has 0 bridgehead atoms. The van der Waals surface area contributed by atoms with E-state index in [9.17, 15) is 0 Å². The molecular formula is C38H32BNO3. The molecule has 210 valence electrons. The van der Waals surface area contributed by atoms with Gasteiger partial charge in [0.2, 0.25) is 0 Å². The fourth-order valence-corrected chi connectivity index (χ4v) is 8.31. The number of nitrogens with zero attached hydrogens (tertiary/aromatic N) is 1. The number of benzene rings is 5. The molecule has 1 aliphatic carbocycles. The van der Waals surface area contributed by atoms with Crippen LogP contribution in [0.15, 0.2) is 91.0 Å². The molecule has 0 unspecified atom stereocenters. The maximum Gasteiger partial charge on any atom is 0.260 e. The summed E-state index contributed by atoms with van der Waals surface area (Å²) in [6.45, 7) is 11.6. The largest absolute Gasteiger partial charge is 0.458 e. The van der Waals surface area contributed by atoms with Gasteiger partial charge >= 0.3 is 0 Å². The first kappa shape index (κ1) is 24.9. The quantitative estimate of drug-likeness (QED) is 0.189. The van der Waals surface area contributed by atoms with Gasteiger partial charge in [-0.2, -0.15) is 0 Å². The summed E-state index contributed by atoms with van der Waals surface area (Å²) in [5, 5.41) is 0. The Bertz CT molecular complexity index is 1980. The number of para-hydroxylation sites is 4.